The molecule has 0 spiro atoms. The summed E-state index contributed by atoms with van der Waals surface area (Å²) < 4.78 is 5.13. The van der Waals surface area contributed by atoms with Gasteiger partial charge in [-0.05, 0) is 41.1 Å². The zero-order valence-electron chi connectivity index (χ0n) is 12.7. The lowest BCUT2D eigenvalue weighted by atomic mass is 9.97. The molecule has 1 aromatic carbocycles. The summed E-state index contributed by atoms with van der Waals surface area (Å²) in [6.07, 6.45) is 0.742. The molecule has 120 valence electrons. The highest BCUT2D eigenvalue weighted by atomic mass is 32.1. The molecule has 23 heavy (non-hydrogen) atoms. The van der Waals surface area contributed by atoms with E-state index in [1.165, 1.54) is 11.3 Å². The number of nitrogens with zero attached hydrogens (tertiary/aromatic N) is 1. The van der Waals surface area contributed by atoms with E-state index in [2.05, 4.69) is 0 Å². The van der Waals surface area contributed by atoms with Crippen LogP contribution in [0, 0.1) is 0 Å². The number of aromatic carboxylic acids is 1. The van der Waals surface area contributed by atoms with E-state index in [0.29, 0.717) is 24.6 Å². The van der Waals surface area contributed by atoms with Crippen molar-refractivity contribution in [2.75, 3.05) is 13.7 Å². The predicted molar refractivity (Wildman–Crippen MR) is 86.9 cm³/mol. The van der Waals surface area contributed by atoms with E-state index in [9.17, 15) is 9.59 Å². The Bertz CT molecular complexity index is 753. The molecule has 3 rings (SSSR count). The van der Waals surface area contributed by atoms with Crippen LogP contribution in [0.3, 0.4) is 0 Å². The second kappa shape index (κ2) is 6.52. The summed E-state index contributed by atoms with van der Waals surface area (Å²) in [6.45, 7) is 1.50. The Balaban J connectivity index is 1.83. The first-order valence-corrected chi connectivity index (χ1v) is 8.18. The molecule has 0 saturated carbocycles. The van der Waals surface area contributed by atoms with Gasteiger partial charge in [-0.3, -0.25) is 4.79 Å². The molecule has 0 bridgehead atoms. The summed E-state index contributed by atoms with van der Waals surface area (Å²) in [4.78, 5) is 26.3. The number of methoxy groups -OCH3 is 1. The second-order valence-corrected chi connectivity index (χ2v) is 6.39. The van der Waals surface area contributed by atoms with Crippen LogP contribution in [0.1, 0.15) is 36.7 Å². The molecule has 0 aliphatic carbocycles. The quantitative estimate of drug-likeness (QED) is 0.935. The third-order valence-corrected chi connectivity index (χ3v) is 4.94. The van der Waals surface area contributed by atoms with Gasteiger partial charge in [0.05, 0.1) is 17.0 Å². The highest BCUT2D eigenvalue weighted by Gasteiger charge is 2.25. The average Bonchev–Trinajstić information content (AvgIpc) is 3.01. The number of hydrogen-bond donors (Lipinski definition) is 1. The van der Waals surface area contributed by atoms with Gasteiger partial charge in [-0.25, -0.2) is 4.79 Å². The smallest absolute Gasteiger partial charge is 0.335 e. The van der Waals surface area contributed by atoms with Gasteiger partial charge in [0, 0.05) is 25.8 Å². The summed E-state index contributed by atoms with van der Waals surface area (Å²) in [7, 11) is 1.61. The lowest BCUT2D eigenvalue weighted by Crippen LogP contribution is -2.36. The van der Waals surface area contributed by atoms with Crippen LogP contribution in [-0.4, -0.2) is 35.5 Å². The zero-order valence-corrected chi connectivity index (χ0v) is 13.6. The van der Waals surface area contributed by atoms with Crippen molar-refractivity contribution in [3.8, 4) is 0 Å². The Morgan fingerprint density at radius 1 is 1.30 bits per heavy atom. The fraction of sp³-hybridized carbons (Fsp3) is 0.294. The molecular weight excluding hydrogens is 314 g/mol. The van der Waals surface area contributed by atoms with Crippen LogP contribution in [0.4, 0.5) is 0 Å². The number of hydrogen-bond acceptors (Lipinski definition) is 4. The summed E-state index contributed by atoms with van der Waals surface area (Å²) in [5.41, 5.74) is 3.18. The first-order valence-electron chi connectivity index (χ1n) is 7.30. The van der Waals surface area contributed by atoms with Gasteiger partial charge in [-0.2, -0.15) is 0 Å². The van der Waals surface area contributed by atoms with Crippen LogP contribution in [0.15, 0.2) is 29.6 Å². The molecule has 0 radical (unpaired) electrons. The number of thiophene rings is 1. The number of ether oxygens (including phenoxy) is 1. The topological polar surface area (TPSA) is 66.8 Å². The number of carbonyl (C=O) groups excluding carboxylic acids is 1. The number of carboxylic acid groups (broad SMARTS) is 1. The van der Waals surface area contributed by atoms with Crippen LogP contribution >= 0.6 is 11.3 Å². The summed E-state index contributed by atoms with van der Waals surface area (Å²) in [5.74, 6) is -0.963. The lowest BCUT2D eigenvalue weighted by Gasteiger charge is -2.29. The first kappa shape index (κ1) is 15.7. The first-order chi connectivity index (χ1) is 11.1. The zero-order chi connectivity index (χ0) is 16.4. The van der Waals surface area contributed by atoms with E-state index < -0.39 is 5.97 Å². The van der Waals surface area contributed by atoms with Crippen molar-refractivity contribution in [2.24, 2.45) is 0 Å². The van der Waals surface area contributed by atoms with Crippen LogP contribution in [0.5, 0.6) is 0 Å². The number of rotatable bonds is 4. The molecular formula is C17H17NO4S. The molecule has 1 aliphatic heterocycles. The molecule has 0 saturated heterocycles. The number of fused-ring (bicyclic) bond motifs is 1. The van der Waals surface area contributed by atoms with Crippen LogP contribution in [0.25, 0.3) is 0 Å². The van der Waals surface area contributed by atoms with E-state index in [-0.39, 0.29) is 11.5 Å². The Hall–Kier alpha value is -2.18. The van der Waals surface area contributed by atoms with Gasteiger partial charge in [0.25, 0.3) is 5.91 Å². The minimum atomic E-state index is -0.947. The van der Waals surface area contributed by atoms with Crippen molar-refractivity contribution >= 4 is 23.2 Å². The molecule has 1 amide bonds. The van der Waals surface area contributed by atoms with E-state index in [0.717, 1.165) is 23.1 Å². The average molecular weight is 331 g/mol. The van der Waals surface area contributed by atoms with Crippen molar-refractivity contribution in [3.63, 3.8) is 0 Å². The molecule has 0 atom stereocenters. The van der Waals surface area contributed by atoms with Gasteiger partial charge in [0.15, 0.2) is 0 Å². The van der Waals surface area contributed by atoms with Crippen molar-refractivity contribution in [2.45, 2.75) is 19.6 Å². The fourth-order valence-electron chi connectivity index (χ4n) is 2.80. The lowest BCUT2D eigenvalue weighted by molar-refractivity contribution is 0.0696. The SMILES string of the molecule is COCc1ccsc1C(=O)N1CCc2ccc(C(=O)O)cc2C1. The molecule has 2 aromatic rings. The van der Waals surface area contributed by atoms with Gasteiger partial charge in [0.1, 0.15) is 0 Å². The third-order valence-electron chi connectivity index (χ3n) is 3.99. The van der Waals surface area contributed by atoms with Gasteiger partial charge >= 0.3 is 5.97 Å². The fourth-order valence-corrected chi connectivity index (χ4v) is 3.68. The van der Waals surface area contributed by atoms with Crippen molar-refractivity contribution in [1.82, 2.24) is 4.90 Å². The van der Waals surface area contributed by atoms with Gasteiger partial charge in [-0.1, -0.05) is 6.07 Å². The molecule has 5 nitrogen and oxygen atoms in total. The van der Waals surface area contributed by atoms with Crippen molar-refractivity contribution in [1.29, 1.82) is 0 Å². The molecule has 0 fully saturated rings. The molecule has 2 heterocycles. The van der Waals surface area contributed by atoms with Gasteiger partial charge in [-0.15, -0.1) is 11.3 Å². The third kappa shape index (κ3) is 3.13. The van der Waals surface area contributed by atoms with Gasteiger partial charge in [0.2, 0.25) is 0 Å². The standard InChI is InChI=1S/C17H17NO4S/c1-22-10-13-5-7-23-15(13)16(19)18-6-4-11-2-3-12(17(20)21)8-14(11)9-18/h2-3,5,7-8H,4,6,9-10H2,1H3,(H,20,21). The predicted octanol–water partition coefficient (Wildman–Crippen LogP) is 2.79. The Kier molecular flexibility index (Phi) is 4.45. The second-order valence-electron chi connectivity index (χ2n) is 5.47. The van der Waals surface area contributed by atoms with Gasteiger partial charge < -0.3 is 14.7 Å². The number of benzene rings is 1. The number of carboxylic acids is 1. The van der Waals surface area contributed by atoms with E-state index >= 15 is 0 Å². The van der Waals surface area contributed by atoms with Crippen LogP contribution in [-0.2, 0) is 24.3 Å². The van der Waals surface area contributed by atoms with Crippen LogP contribution in [0.2, 0.25) is 0 Å². The maximum absolute atomic E-state index is 12.7. The molecule has 1 aromatic heterocycles. The summed E-state index contributed by atoms with van der Waals surface area (Å²) in [5, 5.41) is 11.0. The Morgan fingerprint density at radius 2 is 2.13 bits per heavy atom. The number of amides is 1. The van der Waals surface area contributed by atoms with Crippen molar-refractivity contribution < 1.29 is 19.4 Å². The van der Waals surface area contributed by atoms with E-state index in [1.807, 2.05) is 17.5 Å². The maximum Gasteiger partial charge on any atom is 0.335 e. The molecule has 1 aliphatic rings. The molecule has 1 N–H and O–H groups in total. The summed E-state index contributed by atoms with van der Waals surface area (Å²) in [6, 6.07) is 7.04. The monoisotopic (exact) mass is 331 g/mol. The Labute approximate surface area is 138 Å². The Morgan fingerprint density at radius 3 is 2.87 bits per heavy atom. The summed E-state index contributed by atoms with van der Waals surface area (Å²) >= 11 is 1.42. The minimum Gasteiger partial charge on any atom is -0.478 e. The van der Waals surface area contributed by atoms with Crippen LogP contribution < -0.4 is 0 Å². The number of carbonyl (C=O) groups is 2. The van der Waals surface area contributed by atoms with Crippen molar-refractivity contribution in [3.05, 3.63) is 56.8 Å². The molecule has 6 heteroatoms. The highest BCUT2D eigenvalue weighted by Crippen LogP contribution is 2.25. The normalized spacial score (nSPS) is 13.7. The largest absolute Gasteiger partial charge is 0.478 e. The molecule has 0 unspecified atom stereocenters. The highest BCUT2D eigenvalue weighted by molar-refractivity contribution is 7.12. The maximum atomic E-state index is 12.7. The van der Waals surface area contributed by atoms with E-state index in [1.54, 1.807) is 24.1 Å². The minimum absolute atomic E-state index is 0.0153. The van der Waals surface area contributed by atoms with E-state index in [4.69, 9.17) is 9.84 Å².